The second-order valence-electron chi connectivity index (χ2n) is 4.17. The number of anilines is 1. The van der Waals surface area contributed by atoms with E-state index in [9.17, 15) is 0 Å². The molecule has 1 fully saturated rings. The second kappa shape index (κ2) is 5.90. The van der Waals surface area contributed by atoms with Crippen molar-refractivity contribution in [2.45, 2.75) is 25.4 Å². The second-order valence-corrected chi connectivity index (χ2v) is 4.61. The zero-order valence-corrected chi connectivity index (χ0v) is 10.3. The lowest BCUT2D eigenvalue weighted by Gasteiger charge is -2.23. The van der Waals surface area contributed by atoms with Crippen LogP contribution in [-0.4, -0.2) is 19.3 Å². The zero-order chi connectivity index (χ0) is 12.1. The van der Waals surface area contributed by atoms with Crippen molar-refractivity contribution in [2.75, 3.05) is 18.5 Å². The van der Waals surface area contributed by atoms with E-state index in [4.69, 9.17) is 21.6 Å². The van der Waals surface area contributed by atoms with Gasteiger partial charge in [-0.05, 0) is 37.5 Å². The molecule has 4 heteroatoms. The number of hydrogen-bond acceptors (Lipinski definition) is 3. The van der Waals surface area contributed by atoms with Crippen LogP contribution in [0.2, 0.25) is 5.02 Å². The Morgan fingerprint density at radius 2 is 2.35 bits per heavy atom. The molecule has 0 aromatic heterocycles. The molecule has 0 saturated carbocycles. The van der Waals surface area contributed by atoms with Crippen molar-refractivity contribution in [2.24, 2.45) is 0 Å². The summed E-state index contributed by atoms with van der Waals surface area (Å²) in [6.07, 6.45) is 3.72. The van der Waals surface area contributed by atoms with Crippen LogP contribution in [0, 0.1) is 11.3 Å². The van der Waals surface area contributed by atoms with Crippen LogP contribution in [0.4, 0.5) is 5.69 Å². The predicted octanol–water partition coefficient (Wildman–Crippen LogP) is 3.19. The van der Waals surface area contributed by atoms with Gasteiger partial charge >= 0.3 is 0 Å². The molecule has 2 rings (SSSR count). The molecule has 0 spiro atoms. The summed E-state index contributed by atoms with van der Waals surface area (Å²) in [5.41, 5.74) is 1.40. The Balaban J connectivity index is 1.96. The van der Waals surface area contributed by atoms with Crippen LogP contribution in [0.25, 0.3) is 0 Å². The molecule has 1 unspecified atom stereocenters. The highest BCUT2D eigenvalue weighted by Gasteiger charge is 2.13. The van der Waals surface area contributed by atoms with Crippen molar-refractivity contribution in [1.29, 1.82) is 5.26 Å². The maximum atomic E-state index is 9.00. The highest BCUT2D eigenvalue weighted by molar-refractivity contribution is 6.30. The minimum Gasteiger partial charge on any atom is -0.381 e. The van der Waals surface area contributed by atoms with Crippen LogP contribution in [-0.2, 0) is 4.74 Å². The first-order valence-electron chi connectivity index (χ1n) is 5.85. The molecular formula is C13H15ClN2O. The molecule has 1 aliphatic heterocycles. The van der Waals surface area contributed by atoms with Crippen LogP contribution < -0.4 is 5.32 Å². The molecule has 1 saturated heterocycles. The summed E-state index contributed by atoms with van der Waals surface area (Å²) in [5.74, 6) is 0. The number of halogens is 1. The van der Waals surface area contributed by atoms with Gasteiger partial charge in [-0.25, -0.2) is 0 Å². The van der Waals surface area contributed by atoms with Gasteiger partial charge in [-0.15, -0.1) is 0 Å². The first kappa shape index (κ1) is 12.2. The van der Waals surface area contributed by atoms with Crippen molar-refractivity contribution in [3.05, 3.63) is 28.8 Å². The summed E-state index contributed by atoms with van der Waals surface area (Å²) in [6, 6.07) is 7.43. The third kappa shape index (κ3) is 3.36. The standard InChI is InChI=1S/C13H15ClN2O/c14-11-4-5-13(10(7-11)8-15)16-9-12-3-1-2-6-17-12/h4-5,7,12,16H,1-3,6,9H2. The molecule has 0 amide bonds. The monoisotopic (exact) mass is 250 g/mol. The molecule has 1 N–H and O–H groups in total. The highest BCUT2D eigenvalue weighted by Crippen LogP contribution is 2.21. The summed E-state index contributed by atoms with van der Waals surface area (Å²) in [7, 11) is 0. The van der Waals surface area contributed by atoms with Crippen LogP contribution in [0.1, 0.15) is 24.8 Å². The summed E-state index contributed by atoms with van der Waals surface area (Å²) in [4.78, 5) is 0. The number of benzene rings is 1. The van der Waals surface area contributed by atoms with Gasteiger partial charge in [0.15, 0.2) is 0 Å². The van der Waals surface area contributed by atoms with Crippen molar-refractivity contribution in [3.8, 4) is 6.07 Å². The van der Waals surface area contributed by atoms with E-state index in [2.05, 4.69) is 11.4 Å². The smallest absolute Gasteiger partial charge is 0.101 e. The van der Waals surface area contributed by atoms with Gasteiger partial charge in [0.05, 0.1) is 17.4 Å². The minimum atomic E-state index is 0.256. The number of nitrogens with one attached hydrogen (secondary N) is 1. The fourth-order valence-electron chi connectivity index (χ4n) is 1.96. The lowest BCUT2D eigenvalue weighted by atomic mass is 10.1. The zero-order valence-electron chi connectivity index (χ0n) is 9.58. The molecule has 1 aromatic rings. The summed E-state index contributed by atoms with van der Waals surface area (Å²) in [6.45, 7) is 1.59. The molecule has 0 aliphatic carbocycles. The Bertz CT molecular complexity index is 422. The Hall–Kier alpha value is -1.24. The van der Waals surface area contributed by atoms with E-state index in [1.807, 2.05) is 6.07 Å². The third-order valence-corrected chi connectivity index (χ3v) is 3.13. The summed E-state index contributed by atoms with van der Waals surface area (Å²) in [5, 5.41) is 12.8. The Morgan fingerprint density at radius 3 is 3.06 bits per heavy atom. The van der Waals surface area contributed by atoms with Crippen molar-refractivity contribution < 1.29 is 4.74 Å². The van der Waals surface area contributed by atoms with Crippen molar-refractivity contribution >= 4 is 17.3 Å². The van der Waals surface area contributed by atoms with Gasteiger partial charge in [0.2, 0.25) is 0 Å². The van der Waals surface area contributed by atoms with Crippen LogP contribution >= 0.6 is 11.6 Å². The average Bonchev–Trinajstić information content (AvgIpc) is 2.38. The highest BCUT2D eigenvalue weighted by atomic mass is 35.5. The summed E-state index contributed by atoms with van der Waals surface area (Å²) < 4.78 is 5.63. The molecule has 17 heavy (non-hydrogen) atoms. The van der Waals surface area contributed by atoms with Crippen LogP contribution in [0.3, 0.4) is 0 Å². The Labute approximate surface area is 106 Å². The Kier molecular flexibility index (Phi) is 4.24. The van der Waals surface area contributed by atoms with E-state index >= 15 is 0 Å². The largest absolute Gasteiger partial charge is 0.381 e. The first-order chi connectivity index (χ1) is 8.29. The van der Waals surface area contributed by atoms with Gasteiger partial charge < -0.3 is 10.1 Å². The molecule has 1 atom stereocenters. The molecule has 3 nitrogen and oxygen atoms in total. The maximum Gasteiger partial charge on any atom is 0.101 e. The fourth-order valence-corrected chi connectivity index (χ4v) is 2.13. The van der Waals surface area contributed by atoms with Gasteiger partial charge in [-0.2, -0.15) is 5.26 Å². The fraction of sp³-hybridized carbons (Fsp3) is 0.462. The quantitative estimate of drug-likeness (QED) is 0.896. The van der Waals surface area contributed by atoms with Gasteiger partial charge in [0, 0.05) is 18.2 Å². The number of rotatable bonds is 3. The van der Waals surface area contributed by atoms with Crippen molar-refractivity contribution in [3.63, 3.8) is 0 Å². The minimum absolute atomic E-state index is 0.256. The van der Waals surface area contributed by atoms with Gasteiger partial charge in [0.25, 0.3) is 0 Å². The molecule has 1 aliphatic rings. The average molecular weight is 251 g/mol. The molecule has 0 radical (unpaired) electrons. The summed E-state index contributed by atoms with van der Waals surface area (Å²) >= 11 is 5.84. The molecule has 90 valence electrons. The molecule has 1 heterocycles. The van der Waals surface area contributed by atoms with Crippen LogP contribution in [0.15, 0.2) is 18.2 Å². The number of nitriles is 1. The third-order valence-electron chi connectivity index (χ3n) is 2.90. The van der Waals surface area contributed by atoms with E-state index in [0.29, 0.717) is 10.6 Å². The SMILES string of the molecule is N#Cc1cc(Cl)ccc1NCC1CCCCO1. The van der Waals surface area contributed by atoms with Gasteiger partial charge in [-0.3, -0.25) is 0 Å². The van der Waals surface area contributed by atoms with Crippen LogP contribution in [0.5, 0.6) is 0 Å². The van der Waals surface area contributed by atoms with Crippen molar-refractivity contribution in [1.82, 2.24) is 0 Å². The van der Waals surface area contributed by atoms with Gasteiger partial charge in [0.1, 0.15) is 6.07 Å². The van der Waals surface area contributed by atoms with E-state index in [0.717, 1.165) is 31.7 Å². The number of ether oxygens (including phenoxy) is 1. The normalized spacial score (nSPS) is 19.6. The number of hydrogen-bond donors (Lipinski definition) is 1. The maximum absolute atomic E-state index is 9.00. The Morgan fingerprint density at radius 1 is 1.47 bits per heavy atom. The topological polar surface area (TPSA) is 45.0 Å². The van der Waals surface area contributed by atoms with E-state index in [1.54, 1.807) is 12.1 Å². The lowest BCUT2D eigenvalue weighted by molar-refractivity contribution is 0.0247. The lowest BCUT2D eigenvalue weighted by Crippen LogP contribution is -2.27. The molecule has 1 aromatic carbocycles. The first-order valence-corrected chi connectivity index (χ1v) is 6.22. The van der Waals surface area contributed by atoms with E-state index < -0.39 is 0 Å². The number of nitrogens with zero attached hydrogens (tertiary/aromatic N) is 1. The van der Waals surface area contributed by atoms with Gasteiger partial charge in [-0.1, -0.05) is 11.6 Å². The van der Waals surface area contributed by atoms with E-state index in [1.165, 1.54) is 6.42 Å². The molecule has 0 bridgehead atoms. The predicted molar refractivity (Wildman–Crippen MR) is 68.2 cm³/mol. The van der Waals surface area contributed by atoms with E-state index in [-0.39, 0.29) is 6.10 Å². The molecular weight excluding hydrogens is 236 g/mol.